The van der Waals surface area contributed by atoms with Gasteiger partial charge in [-0.1, -0.05) is 15.9 Å². The molecule has 8 heteroatoms. The maximum atomic E-state index is 10.2. The van der Waals surface area contributed by atoms with Gasteiger partial charge in [-0.25, -0.2) is 0 Å². The van der Waals surface area contributed by atoms with Crippen molar-refractivity contribution in [2.24, 2.45) is 0 Å². The van der Waals surface area contributed by atoms with Crippen molar-refractivity contribution in [1.82, 2.24) is 0 Å². The summed E-state index contributed by atoms with van der Waals surface area (Å²) in [6.45, 7) is 0.550. The van der Waals surface area contributed by atoms with Crippen LogP contribution >= 0.6 is 28.0 Å². The quantitative estimate of drug-likeness (QED) is 0.438. The molecule has 0 unspecified atom stereocenters. The Morgan fingerprint density at radius 3 is 2.50 bits per heavy atom. The maximum absolute atomic E-state index is 10.2. The number of ether oxygens (including phenoxy) is 1. The van der Waals surface area contributed by atoms with Crippen LogP contribution < -0.4 is 4.74 Å². The number of hydrogen-bond acceptors (Lipinski definition) is 5. The Bertz CT molecular complexity index is 446. The van der Waals surface area contributed by atoms with Gasteiger partial charge in [0.2, 0.25) is 0 Å². The lowest BCUT2D eigenvalue weighted by molar-refractivity contribution is 0.309. The Kier molecular flexibility index (Phi) is 7.02. The molecule has 0 saturated carbocycles. The molecule has 102 valence electrons. The molecule has 18 heavy (non-hydrogen) atoms. The van der Waals surface area contributed by atoms with Crippen molar-refractivity contribution in [2.75, 3.05) is 12.4 Å². The van der Waals surface area contributed by atoms with E-state index >= 15 is 0 Å². The van der Waals surface area contributed by atoms with Gasteiger partial charge in [0.25, 0.3) is 0 Å². The average Bonchev–Trinajstić information content (AvgIpc) is 2.29. The first-order chi connectivity index (χ1) is 8.47. The predicted molar refractivity (Wildman–Crippen MR) is 74.0 cm³/mol. The molecule has 0 heterocycles. The highest BCUT2D eigenvalue weighted by Crippen LogP contribution is 2.16. The number of hydrogen-bond donors (Lipinski definition) is 1. The first-order valence-corrected chi connectivity index (χ1v) is 8.21. The third-order valence-corrected chi connectivity index (χ3v) is 3.90. The molecule has 0 aliphatic carbocycles. The van der Waals surface area contributed by atoms with E-state index in [0.717, 1.165) is 23.1 Å². The second-order valence-corrected chi connectivity index (χ2v) is 6.29. The molecular weight excluding hydrogens is 344 g/mol. The van der Waals surface area contributed by atoms with Gasteiger partial charge in [-0.3, -0.25) is 4.55 Å². The summed E-state index contributed by atoms with van der Waals surface area (Å²) in [5.41, 5.74) is 0. The first kappa shape index (κ1) is 15.8. The molecule has 1 N–H and O–H groups in total. The summed E-state index contributed by atoms with van der Waals surface area (Å²) >= 11 is 4.04. The molecule has 0 spiro atoms. The Hall–Kier alpha value is -0.280. The summed E-state index contributed by atoms with van der Waals surface area (Å²) in [4.78, 5) is 0. The van der Waals surface area contributed by atoms with Crippen molar-refractivity contribution < 1.29 is 21.3 Å². The summed E-state index contributed by atoms with van der Waals surface area (Å²) in [5.74, 6) is 1.27. The average molecular weight is 357 g/mol. The van der Waals surface area contributed by atoms with Gasteiger partial charge in [-0.05, 0) is 37.1 Å². The smallest absolute Gasteiger partial charge is 0.408 e. The summed E-state index contributed by atoms with van der Waals surface area (Å²) in [7, 11) is -4.34. The van der Waals surface area contributed by atoms with Gasteiger partial charge in [-0.15, -0.1) is 0 Å². The molecule has 0 aromatic heterocycles. The molecular formula is C10H13BrO5S2. The van der Waals surface area contributed by atoms with Crippen molar-refractivity contribution in [3.63, 3.8) is 0 Å². The van der Waals surface area contributed by atoms with Crippen LogP contribution in [0, 0.1) is 0 Å². The zero-order valence-corrected chi connectivity index (χ0v) is 12.6. The molecule has 0 fully saturated rings. The van der Waals surface area contributed by atoms with Crippen LogP contribution in [0.1, 0.15) is 12.8 Å². The molecule has 1 rings (SSSR count). The van der Waals surface area contributed by atoms with E-state index < -0.39 is 10.4 Å². The van der Waals surface area contributed by atoms with Crippen LogP contribution in [-0.4, -0.2) is 25.3 Å². The Labute approximate surface area is 119 Å². The Balaban J connectivity index is 2.04. The fourth-order valence-electron chi connectivity index (χ4n) is 1.08. The molecule has 0 amide bonds. The summed E-state index contributed by atoms with van der Waals surface area (Å²) in [6.07, 6.45) is 1.51. The number of unbranched alkanes of at least 4 members (excludes halogenated alkanes) is 1. The van der Waals surface area contributed by atoms with Crippen molar-refractivity contribution in [1.29, 1.82) is 0 Å². The second kappa shape index (κ2) is 8.00. The lowest BCUT2D eigenvalue weighted by Gasteiger charge is -2.05. The highest BCUT2D eigenvalue weighted by atomic mass is 79.9. The van der Waals surface area contributed by atoms with E-state index in [0.29, 0.717) is 24.4 Å². The van der Waals surface area contributed by atoms with Gasteiger partial charge in [0.05, 0.1) is 6.61 Å². The standard InChI is InChI=1S/C10H13BrO5S2/c11-9-3-5-10(6-4-9)15-7-1-2-8-17-16-18(12,13)14/h3-6H,1-2,7-8H2,(H,12,13,14). The lowest BCUT2D eigenvalue weighted by atomic mass is 10.3. The molecule has 0 radical (unpaired) electrons. The van der Waals surface area contributed by atoms with Crippen LogP contribution in [0.2, 0.25) is 0 Å². The van der Waals surface area contributed by atoms with E-state index in [-0.39, 0.29) is 0 Å². The molecule has 5 nitrogen and oxygen atoms in total. The van der Waals surface area contributed by atoms with Crippen LogP contribution in [0.4, 0.5) is 0 Å². The maximum Gasteiger partial charge on any atom is 0.408 e. The van der Waals surface area contributed by atoms with Gasteiger partial charge in [0, 0.05) is 22.3 Å². The molecule has 0 bridgehead atoms. The third kappa shape index (κ3) is 7.93. The highest BCUT2D eigenvalue weighted by molar-refractivity contribution is 9.10. The zero-order valence-electron chi connectivity index (χ0n) is 9.41. The monoisotopic (exact) mass is 356 g/mol. The molecule has 0 saturated heterocycles. The number of rotatable bonds is 8. The minimum atomic E-state index is -4.34. The SMILES string of the molecule is O=S(=O)(O)OSCCCCOc1ccc(Br)cc1. The second-order valence-electron chi connectivity index (χ2n) is 3.33. The topological polar surface area (TPSA) is 72.8 Å². The van der Waals surface area contributed by atoms with Crippen molar-refractivity contribution in [3.05, 3.63) is 28.7 Å². The van der Waals surface area contributed by atoms with Crippen LogP contribution in [0.15, 0.2) is 28.7 Å². The summed E-state index contributed by atoms with van der Waals surface area (Å²) < 4.78 is 39.3. The van der Waals surface area contributed by atoms with Gasteiger partial charge < -0.3 is 4.74 Å². The van der Waals surface area contributed by atoms with Crippen LogP contribution in [0.5, 0.6) is 5.75 Å². The summed E-state index contributed by atoms with van der Waals surface area (Å²) in [5, 5.41) is 0. The van der Waals surface area contributed by atoms with Crippen molar-refractivity contribution >= 4 is 38.4 Å². The van der Waals surface area contributed by atoms with Crippen LogP contribution in [0.3, 0.4) is 0 Å². The normalized spacial score (nSPS) is 11.4. The molecule has 1 aromatic rings. The van der Waals surface area contributed by atoms with Gasteiger partial charge in [0.1, 0.15) is 5.75 Å². The fourth-order valence-corrected chi connectivity index (χ4v) is 2.42. The van der Waals surface area contributed by atoms with Crippen LogP contribution in [-0.2, 0) is 14.0 Å². The Morgan fingerprint density at radius 2 is 1.89 bits per heavy atom. The van der Waals surface area contributed by atoms with E-state index in [1.807, 2.05) is 24.3 Å². The molecule has 0 atom stereocenters. The van der Waals surface area contributed by atoms with Gasteiger partial charge in [0.15, 0.2) is 0 Å². The molecule has 0 aliphatic heterocycles. The lowest BCUT2D eigenvalue weighted by Crippen LogP contribution is -2.00. The van der Waals surface area contributed by atoms with Gasteiger partial charge >= 0.3 is 10.4 Å². The van der Waals surface area contributed by atoms with E-state index in [4.69, 9.17) is 9.29 Å². The third-order valence-electron chi connectivity index (χ3n) is 1.84. The van der Waals surface area contributed by atoms with E-state index in [1.165, 1.54) is 0 Å². The summed E-state index contributed by atoms with van der Waals surface area (Å²) in [6, 6.07) is 7.51. The van der Waals surface area contributed by atoms with E-state index in [1.54, 1.807) is 0 Å². The van der Waals surface area contributed by atoms with Gasteiger partial charge in [-0.2, -0.15) is 12.0 Å². The van der Waals surface area contributed by atoms with Crippen molar-refractivity contribution in [2.45, 2.75) is 12.8 Å². The molecule has 1 aromatic carbocycles. The molecule has 0 aliphatic rings. The Morgan fingerprint density at radius 1 is 1.22 bits per heavy atom. The minimum Gasteiger partial charge on any atom is -0.494 e. The number of benzene rings is 1. The first-order valence-electron chi connectivity index (χ1n) is 5.14. The number of halogens is 1. The van der Waals surface area contributed by atoms with E-state index in [2.05, 4.69) is 19.6 Å². The van der Waals surface area contributed by atoms with E-state index in [9.17, 15) is 8.42 Å². The van der Waals surface area contributed by atoms with Crippen LogP contribution in [0.25, 0.3) is 0 Å². The largest absolute Gasteiger partial charge is 0.494 e. The van der Waals surface area contributed by atoms with Crippen molar-refractivity contribution in [3.8, 4) is 5.75 Å². The minimum absolute atomic E-state index is 0.476. The highest BCUT2D eigenvalue weighted by Gasteiger charge is 2.04. The zero-order chi connectivity index (χ0) is 13.4. The fraction of sp³-hybridized carbons (Fsp3) is 0.400. The predicted octanol–water partition coefficient (Wildman–Crippen LogP) is 3.08.